The summed E-state index contributed by atoms with van der Waals surface area (Å²) >= 11 is 1.49. The number of amidine groups is 1. The molecule has 3 aromatic carbocycles. The molecule has 1 aliphatic heterocycles. The van der Waals surface area contributed by atoms with Gasteiger partial charge in [-0.2, -0.15) is 4.99 Å². The summed E-state index contributed by atoms with van der Waals surface area (Å²) in [6, 6.07) is 17.2. The van der Waals surface area contributed by atoms with E-state index >= 15 is 4.39 Å². The molecular formula is C33H32F4N6O2S. The van der Waals surface area contributed by atoms with Crippen molar-refractivity contribution in [3.05, 3.63) is 89.7 Å². The number of benzene rings is 3. The molecule has 0 saturated carbocycles. The van der Waals surface area contributed by atoms with Crippen LogP contribution in [-0.2, 0) is 6.42 Å². The van der Waals surface area contributed by atoms with E-state index in [4.69, 9.17) is 0 Å². The number of urea groups is 1. The molecule has 2 amide bonds. The Morgan fingerprint density at radius 2 is 1.87 bits per heavy atom. The molecule has 4 aromatic rings. The lowest BCUT2D eigenvalue weighted by Gasteiger charge is -2.37. The minimum absolute atomic E-state index is 0.140. The third kappa shape index (κ3) is 8.19. The second-order valence-electron chi connectivity index (χ2n) is 10.8. The molecule has 0 bridgehead atoms. The quantitative estimate of drug-likeness (QED) is 0.140. The summed E-state index contributed by atoms with van der Waals surface area (Å²) in [4.78, 5) is 27.2. The van der Waals surface area contributed by atoms with Crippen LogP contribution in [0.4, 0.5) is 28.0 Å². The number of aromatic nitrogens is 3. The number of rotatable bonds is 8. The maximum atomic E-state index is 15.1. The van der Waals surface area contributed by atoms with Crippen LogP contribution in [-0.4, -0.2) is 50.3 Å². The minimum atomic E-state index is -4.78. The van der Waals surface area contributed by atoms with E-state index in [0.717, 1.165) is 42.5 Å². The summed E-state index contributed by atoms with van der Waals surface area (Å²) in [5.41, 5.74) is 4.68. The van der Waals surface area contributed by atoms with E-state index in [-0.39, 0.29) is 17.4 Å². The highest BCUT2D eigenvalue weighted by molar-refractivity contribution is 8.14. The minimum Gasteiger partial charge on any atom is -0.406 e. The molecule has 0 spiro atoms. The number of amides is 2. The summed E-state index contributed by atoms with van der Waals surface area (Å²) in [6.07, 6.45) is -1.25. The Morgan fingerprint density at radius 1 is 1.13 bits per heavy atom. The third-order valence-corrected chi connectivity index (χ3v) is 8.24. The van der Waals surface area contributed by atoms with Gasteiger partial charge < -0.3 is 9.64 Å². The monoisotopic (exact) mass is 652 g/mol. The van der Waals surface area contributed by atoms with Crippen LogP contribution in [0.3, 0.4) is 0 Å². The van der Waals surface area contributed by atoms with Gasteiger partial charge in [-0.05, 0) is 73.7 Å². The summed E-state index contributed by atoms with van der Waals surface area (Å²) in [7, 11) is 0. The Labute approximate surface area is 268 Å². The molecule has 1 fully saturated rings. The lowest BCUT2D eigenvalue weighted by atomic mass is 10.0. The topological polar surface area (TPSA) is 85.0 Å². The number of carbonyl (C=O) groups excluding carboxylic acids is 1. The van der Waals surface area contributed by atoms with Gasteiger partial charge in [0.1, 0.15) is 12.1 Å². The second kappa shape index (κ2) is 14.3. The molecule has 1 aliphatic rings. The molecular weight excluding hydrogens is 620 g/mol. The average molecular weight is 653 g/mol. The molecule has 1 aromatic heterocycles. The smallest absolute Gasteiger partial charge is 0.406 e. The van der Waals surface area contributed by atoms with E-state index in [1.807, 2.05) is 6.92 Å². The number of aryl methyl sites for hydroxylation is 2. The van der Waals surface area contributed by atoms with Gasteiger partial charge in [0.05, 0.1) is 5.69 Å². The number of hydrogen-bond acceptors (Lipinski definition) is 5. The van der Waals surface area contributed by atoms with Gasteiger partial charge in [0, 0.05) is 29.3 Å². The Balaban J connectivity index is 1.25. The Bertz CT molecular complexity index is 1720. The van der Waals surface area contributed by atoms with Gasteiger partial charge in [0.15, 0.2) is 17.2 Å². The van der Waals surface area contributed by atoms with E-state index in [9.17, 15) is 18.0 Å². The molecule has 8 nitrogen and oxygen atoms in total. The van der Waals surface area contributed by atoms with Crippen molar-refractivity contribution in [2.45, 2.75) is 58.6 Å². The van der Waals surface area contributed by atoms with Crippen LogP contribution in [0.5, 0.6) is 5.75 Å². The van der Waals surface area contributed by atoms with Crippen LogP contribution in [0.15, 0.2) is 83.0 Å². The lowest BCUT2D eigenvalue weighted by Crippen LogP contribution is -2.42. The van der Waals surface area contributed by atoms with Crippen molar-refractivity contribution < 1.29 is 27.1 Å². The van der Waals surface area contributed by atoms with Crippen LogP contribution in [0.1, 0.15) is 49.6 Å². The Morgan fingerprint density at radius 3 is 2.57 bits per heavy atom. The highest BCUT2D eigenvalue weighted by atomic mass is 32.2. The van der Waals surface area contributed by atoms with Gasteiger partial charge in [0.2, 0.25) is 0 Å². The highest BCUT2D eigenvalue weighted by Crippen LogP contribution is 2.33. The zero-order chi connectivity index (χ0) is 32.8. The number of ether oxygens (including phenoxy) is 1. The van der Waals surface area contributed by atoms with Gasteiger partial charge in [0.25, 0.3) is 0 Å². The molecule has 0 aliphatic carbocycles. The highest BCUT2D eigenvalue weighted by Gasteiger charge is 2.31. The fourth-order valence-electron chi connectivity index (χ4n) is 4.98. The Hall–Kier alpha value is -4.52. The molecule has 13 heteroatoms. The van der Waals surface area contributed by atoms with E-state index in [0.29, 0.717) is 22.2 Å². The normalized spacial score (nSPS) is 17.1. The predicted molar refractivity (Wildman–Crippen MR) is 173 cm³/mol. The van der Waals surface area contributed by atoms with Gasteiger partial charge in [-0.15, -0.1) is 18.3 Å². The van der Waals surface area contributed by atoms with Crippen LogP contribution >= 0.6 is 11.8 Å². The molecule has 2 heterocycles. The van der Waals surface area contributed by atoms with Gasteiger partial charge >= 0.3 is 12.4 Å². The van der Waals surface area contributed by atoms with E-state index in [1.165, 1.54) is 52.6 Å². The molecule has 0 radical (unpaired) electrons. The third-order valence-electron chi connectivity index (χ3n) is 7.25. The first kappa shape index (κ1) is 32.9. The summed E-state index contributed by atoms with van der Waals surface area (Å²) in [5, 5.41) is 4.91. The molecule has 5 rings (SSSR count). The molecule has 240 valence electrons. The van der Waals surface area contributed by atoms with Crippen LogP contribution < -0.4 is 9.64 Å². The SMILES string of the molecule is CCCc1ccc(C)cc1N1C(=NC(=O)N=CC(F)c2ccc(-c3ncn(-c4ccc(OC(F)(F)F)cc4)n3)cc2)SCCC1C. The van der Waals surface area contributed by atoms with Crippen molar-refractivity contribution in [3.63, 3.8) is 0 Å². The standard InChI is InChI=1S/C33H32F4N6O2S/c1-4-5-24-7-6-21(2)18-29(24)43-22(3)16-17-46-32(43)40-31(44)38-19-28(34)23-8-10-25(11-9-23)30-39-20-42(41-30)26-12-14-27(15-13-26)45-33(35,36)37/h6-15,18-20,22,28H,4-5,16-17H2,1-3H3. The number of hydrogen-bond donors (Lipinski definition) is 0. The predicted octanol–water partition coefficient (Wildman–Crippen LogP) is 8.68. The van der Waals surface area contributed by atoms with Gasteiger partial charge in [-0.1, -0.05) is 61.5 Å². The largest absolute Gasteiger partial charge is 0.573 e. The second-order valence-corrected chi connectivity index (χ2v) is 11.8. The van der Waals surface area contributed by atoms with Crippen molar-refractivity contribution in [3.8, 4) is 22.8 Å². The lowest BCUT2D eigenvalue weighted by molar-refractivity contribution is -0.274. The zero-order valence-corrected chi connectivity index (χ0v) is 26.2. The van der Waals surface area contributed by atoms with Crippen molar-refractivity contribution in [1.82, 2.24) is 14.8 Å². The van der Waals surface area contributed by atoms with Crippen LogP contribution in [0.2, 0.25) is 0 Å². The first-order chi connectivity index (χ1) is 22.0. The van der Waals surface area contributed by atoms with Crippen molar-refractivity contribution in [2.24, 2.45) is 9.98 Å². The Kier molecular flexibility index (Phi) is 10.2. The number of anilines is 1. The van der Waals surface area contributed by atoms with Crippen LogP contribution in [0, 0.1) is 6.92 Å². The maximum Gasteiger partial charge on any atom is 0.573 e. The maximum absolute atomic E-state index is 15.1. The molecule has 46 heavy (non-hydrogen) atoms. The van der Waals surface area contributed by atoms with E-state index < -0.39 is 18.6 Å². The van der Waals surface area contributed by atoms with Gasteiger partial charge in [-0.25, -0.2) is 23.8 Å². The number of thioether (sulfide) groups is 1. The number of aliphatic imine (C=N–C) groups is 2. The zero-order valence-electron chi connectivity index (χ0n) is 25.4. The molecule has 0 N–H and O–H groups in total. The molecule has 2 atom stereocenters. The fourth-order valence-corrected chi connectivity index (χ4v) is 6.18. The van der Waals surface area contributed by atoms with Crippen molar-refractivity contribution >= 4 is 34.9 Å². The first-order valence-electron chi connectivity index (χ1n) is 14.7. The number of halogens is 4. The average Bonchev–Trinajstić information content (AvgIpc) is 3.51. The number of alkyl halides is 4. The first-order valence-corrected chi connectivity index (χ1v) is 15.7. The number of carbonyl (C=O) groups is 1. The number of nitrogens with zero attached hydrogens (tertiary/aromatic N) is 6. The van der Waals surface area contributed by atoms with Crippen LogP contribution in [0.25, 0.3) is 17.1 Å². The summed E-state index contributed by atoms with van der Waals surface area (Å²) in [5.74, 6) is 0.798. The van der Waals surface area contributed by atoms with E-state index in [2.05, 4.69) is 61.8 Å². The van der Waals surface area contributed by atoms with Gasteiger partial charge in [-0.3, -0.25) is 0 Å². The molecule has 1 saturated heterocycles. The summed E-state index contributed by atoms with van der Waals surface area (Å²) in [6.45, 7) is 6.27. The summed E-state index contributed by atoms with van der Waals surface area (Å²) < 4.78 is 57.6. The van der Waals surface area contributed by atoms with E-state index in [1.54, 1.807) is 24.3 Å². The molecule has 2 unspecified atom stereocenters. The van der Waals surface area contributed by atoms with Crippen molar-refractivity contribution in [1.29, 1.82) is 0 Å². The fraction of sp³-hybridized carbons (Fsp3) is 0.303. The van der Waals surface area contributed by atoms with Crippen molar-refractivity contribution in [2.75, 3.05) is 10.7 Å².